The predicted octanol–water partition coefficient (Wildman–Crippen LogP) is 0.779. The molecule has 0 radical (unpaired) electrons. The Kier molecular flexibility index (Phi) is 5.30. The lowest BCUT2D eigenvalue weighted by Gasteiger charge is -2.14. The van der Waals surface area contributed by atoms with E-state index in [0.29, 0.717) is 0 Å². The number of hydrogen-bond acceptors (Lipinski definition) is 5. The minimum Gasteiger partial charge on any atom is -0.481 e. The maximum Gasteiger partial charge on any atom is 0.320 e. The van der Waals surface area contributed by atoms with Crippen molar-refractivity contribution in [3.63, 3.8) is 0 Å². The van der Waals surface area contributed by atoms with Crippen molar-refractivity contribution >= 4 is 17.6 Å². The predicted molar refractivity (Wildman–Crippen MR) is 68.1 cm³/mol. The zero-order chi connectivity index (χ0) is 16.2. The fourth-order valence-corrected chi connectivity index (χ4v) is 1.79. The van der Waals surface area contributed by atoms with E-state index in [0.717, 1.165) is 12.1 Å². The molecule has 1 aromatic carbocycles. The number of carboxylic acid groups (broad SMARTS) is 2. The van der Waals surface area contributed by atoms with Crippen LogP contribution in [0, 0.1) is 21.8 Å². The molecule has 0 saturated carbocycles. The van der Waals surface area contributed by atoms with Gasteiger partial charge in [0.25, 0.3) is 0 Å². The fourth-order valence-electron chi connectivity index (χ4n) is 1.79. The standard InChI is InChI=1S/C12H13FN2O6/c13-8-2-1-6(4-10(8)15(20)21)3-7(11(16)17)5-9(14)12(18)19/h1-2,4,7,9H,3,5,14H2,(H,16,17)(H,18,19)/i13+0. The van der Waals surface area contributed by atoms with Crippen LogP contribution in [-0.4, -0.2) is 33.1 Å². The molecule has 2 unspecified atom stereocenters. The van der Waals surface area contributed by atoms with E-state index in [1.165, 1.54) is 6.07 Å². The Morgan fingerprint density at radius 3 is 2.43 bits per heavy atom. The minimum atomic E-state index is -1.36. The summed E-state index contributed by atoms with van der Waals surface area (Å²) in [6, 6.07) is 1.65. The lowest BCUT2D eigenvalue weighted by molar-refractivity contribution is -0.387. The number of aliphatic carboxylic acids is 2. The molecule has 0 aliphatic rings. The van der Waals surface area contributed by atoms with Crippen LogP contribution in [0.4, 0.5) is 10.1 Å². The lowest BCUT2D eigenvalue weighted by atomic mass is 9.93. The molecule has 9 heteroatoms. The summed E-state index contributed by atoms with van der Waals surface area (Å²) >= 11 is 0. The SMILES string of the molecule is NC(CC(Cc1ccc([19F])c([N+](=O)[O-])c1)C(=O)O)C(=O)O. The number of benzene rings is 1. The van der Waals surface area contributed by atoms with Gasteiger partial charge in [0.05, 0.1) is 10.8 Å². The number of hydrogen-bond donors (Lipinski definition) is 3. The van der Waals surface area contributed by atoms with Crippen LogP contribution in [0.2, 0.25) is 0 Å². The van der Waals surface area contributed by atoms with Gasteiger partial charge >= 0.3 is 17.6 Å². The smallest absolute Gasteiger partial charge is 0.320 e. The average molecular weight is 300 g/mol. The van der Waals surface area contributed by atoms with Gasteiger partial charge in [0, 0.05) is 6.07 Å². The average Bonchev–Trinajstić information content (AvgIpc) is 2.39. The summed E-state index contributed by atoms with van der Waals surface area (Å²) in [6.45, 7) is 0. The Morgan fingerprint density at radius 2 is 1.95 bits per heavy atom. The van der Waals surface area contributed by atoms with Crippen LogP contribution in [0.15, 0.2) is 18.2 Å². The van der Waals surface area contributed by atoms with Crippen LogP contribution in [0.25, 0.3) is 0 Å². The molecule has 114 valence electrons. The van der Waals surface area contributed by atoms with Gasteiger partial charge in [-0.15, -0.1) is 0 Å². The molecule has 0 aliphatic carbocycles. The lowest BCUT2D eigenvalue weighted by Crippen LogP contribution is -2.35. The summed E-state index contributed by atoms with van der Waals surface area (Å²) < 4.78 is 13.2. The van der Waals surface area contributed by atoms with Gasteiger partial charge in [0.15, 0.2) is 0 Å². The van der Waals surface area contributed by atoms with Crippen molar-refractivity contribution in [3.8, 4) is 0 Å². The fraction of sp³-hybridized carbons (Fsp3) is 0.333. The van der Waals surface area contributed by atoms with Crippen LogP contribution in [0.5, 0.6) is 0 Å². The summed E-state index contributed by atoms with van der Waals surface area (Å²) in [6.07, 6.45) is -0.521. The second kappa shape index (κ2) is 6.75. The first-order valence-corrected chi connectivity index (χ1v) is 5.86. The van der Waals surface area contributed by atoms with Gasteiger partial charge in [-0.25, -0.2) is 0 Å². The van der Waals surface area contributed by atoms with Crippen LogP contribution in [0.1, 0.15) is 12.0 Å². The van der Waals surface area contributed by atoms with Gasteiger partial charge in [-0.2, -0.15) is 4.39 Å². The third kappa shape index (κ3) is 4.49. The molecule has 0 amide bonds. The van der Waals surface area contributed by atoms with E-state index in [1.54, 1.807) is 0 Å². The molecule has 0 heterocycles. The van der Waals surface area contributed by atoms with Crippen molar-refractivity contribution in [1.29, 1.82) is 0 Å². The number of carbonyl (C=O) groups is 2. The molecule has 0 saturated heterocycles. The minimum absolute atomic E-state index is 0.183. The number of nitro benzene ring substituents is 1. The largest absolute Gasteiger partial charge is 0.481 e. The number of halogens is 1. The zero-order valence-electron chi connectivity index (χ0n) is 10.7. The molecule has 21 heavy (non-hydrogen) atoms. The highest BCUT2D eigenvalue weighted by molar-refractivity contribution is 5.76. The van der Waals surface area contributed by atoms with Gasteiger partial charge in [-0.1, -0.05) is 6.07 Å². The molecule has 1 rings (SSSR count). The number of carboxylic acids is 2. The van der Waals surface area contributed by atoms with Crippen LogP contribution in [0.3, 0.4) is 0 Å². The molecule has 0 spiro atoms. The molecule has 4 N–H and O–H groups in total. The van der Waals surface area contributed by atoms with Gasteiger partial charge in [-0.05, 0) is 24.5 Å². The molecule has 0 aliphatic heterocycles. The van der Waals surface area contributed by atoms with Crippen molar-refractivity contribution in [2.24, 2.45) is 11.7 Å². The maximum atomic E-state index is 13.2. The summed E-state index contributed by atoms with van der Waals surface area (Å²) in [5, 5.41) is 28.3. The zero-order valence-corrected chi connectivity index (χ0v) is 10.7. The van der Waals surface area contributed by atoms with Crippen molar-refractivity contribution in [2.75, 3.05) is 0 Å². The van der Waals surface area contributed by atoms with Gasteiger partial charge in [0.1, 0.15) is 6.04 Å². The summed E-state index contributed by atoms with van der Waals surface area (Å²) in [5.41, 5.74) is 4.73. The molecule has 2 atom stereocenters. The Balaban J connectivity index is 2.94. The highest BCUT2D eigenvalue weighted by Crippen LogP contribution is 2.22. The first-order valence-electron chi connectivity index (χ1n) is 5.86. The van der Waals surface area contributed by atoms with E-state index < -0.39 is 40.3 Å². The number of rotatable bonds is 7. The summed E-state index contributed by atoms with van der Waals surface area (Å²) in [4.78, 5) is 31.4. The Morgan fingerprint density at radius 1 is 1.33 bits per heavy atom. The Labute approximate surface area is 118 Å². The highest BCUT2D eigenvalue weighted by Gasteiger charge is 2.25. The summed E-state index contributed by atoms with van der Waals surface area (Å²) in [7, 11) is 0. The first kappa shape index (κ1) is 16.5. The highest BCUT2D eigenvalue weighted by atomic mass is 19.1. The quantitative estimate of drug-likeness (QED) is 0.498. The normalized spacial score (nSPS) is 13.4. The van der Waals surface area contributed by atoms with Crippen molar-refractivity contribution in [2.45, 2.75) is 18.9 Å². The van der Waals surface area contributed by atoms with E-state index >= 15 is 0 Å². The van der Waals surface area contributed by atoms with Crippen LogP contribution >= 0.6 is 0 Å². The van der Waals surface area contributed by atoms with Crippen LogP contribution in [-0.2, 0) is 16.0 Å². The third-order valence-corrected chi connectivity index (χ3v) is 2.89. The van der Waals surface area contributed by atoms with Crippen molar-refractivity contribution in [1.82, 2.24) is 0 Å². The molecular weight excluding hydrogens is 287 g/mol. The third-order valence-electron chi connectivity index (χ3n) is 2.89. The molecular formula is C12H13FN2O6. The van der Waals surface area contributed by atoms with Gasteiger partial charge in [-0.3, -0.25) is 19.7 Å². The second-order valence-electron chi connectivity index (χ2n) is 4.46. The number of nitro groups is 1. The van der Waals surface area contributed by atoms with E-state index in [1.807, 2.05) is 0 Å². The van der Waals surface area contributed by atoms with E-state index in [4.69, 9.17) is 15.9 Å². The second-order valence-corrected chi connectivity index (χ2v) is 4.46. The van der Waals surface area contributed by atoms with Gasteiger partial charge < -0.3 is 15.9 Å². The topological polar surface area (TPSA) is 144 Å². The molecule has 0 bridgehead atoms. The Hall–Kier alpha value is -2.55. The van der Waals surface area contributed by atoms with Gasteiger partial charge in [0.2, 0.25) is 5.82 Å². The van der Waals surface area contributed by atoms with E-state index in [-0.39, 0.29) is 18.4 Å². The van der Waals surface area contributed by atoms with Crippen molar-refractivity contribution < 1.29 is 29.1 Å². The summed E-state index contributed by atoms with van der Waals surface area (Å²) in [5.74, 6) is -4.79. The molecule has 0 aromatic heterocycles. The molecule has 0 fully saturated rings. The molecule has 8 nitrogen and oxygen atoms in total. The number of nitrogens with two attached hydrogens (primary N) is 1. The van der Waals surface area contributed by atoms with Crippen molar-refractivity contribution in [3.05, 3.63) is 39.7 Å². The molecule has 1 aromatic rings. The number of nitrogens with zero attached hydrogens (tertiary/aromatic N) is 1. The first-order chi connectivity index (χ1) is 9.72. The van der Waals surface area contributed by atoms with Crippen LogP contribution < -0.4 is 5.73 Å². The van der Waals surface area contributed by atoms with E-state index in [9.17, 15) is 24.1 Å². The maximum absolute atomic E-state index is 13.2. The Bertz CT molecular complexity index is 577. The van der Waals surface area contributed by atoms with E-state index in [2.05, 4.69) is 0 Å². The monoisotopic (exact) mass is 300 g/mol.